The van der Waals surface area contributed by atoms with Crippen LogP contribution in [0.15, 0.2) is 54.6 Å². The number of rotatable bonds is 3. The molecule has 2 aromatic carbocycles. The van der Waals surface area contributed by atoms with E-state index in [-0.39, 0.29) is 17.6 Å². The van der Waals surface area contributed by atoms with Gasteiger partial charge in [0.1, 0.15) is 11.5 Å². The summed E-state index contributed by atoms with van der Waals surface area (Å²) in [4.78, 5) is 14.6. The molecule has 0 radical (unpaired) electrons. The van der Waals surface area contributed by atoms with Gasteiger partial charge in [-0.15, -0.1) is 0 Å². The number of nitrogens with zero attached hydrogens (tertiary/aromatic N) is 2. The second kappa shape index (κ2) is 7.53. The van der Waals surface area contributed by atoms with Gasteiger partial charge in [-0.25, -0.2) is 4.39 Å². The first kappa shape index (κ1) is 17.7. The van der Waals surface area contributed by atoms with E-state index in [0.29, 0.717) is 29.5 Å². The Balaban J connectivity index is 1.43. The summed E-state index contributed by atoms with van der Waals surface area (Å²) in [6.45, 7) is 1.21. The highest BCUT2D eigenvalue weighted by Crippen LogP contribution is 2.30. The maximum Gasteiger partial charge on any atom is 0.271 e. The van der Waals surface area contributed by atoms with Gasteiger partial charge >= 0.3 is 0 Å². The number of aromatic nitrogens is 2. The number of carbonyl (C=O) groups excluding carboxylic acids is 1. The van der Waals surface area contributed by atoms with Crippen molar-refractivity contribution in [2.24, 2.45) is 0 Å². The molecule has 1 fully saturated rings. The van der Waals surface area contributed by atoms with Crippen molar-refractivity contribution in [2.75, 3.05) is 13.1 Å². The van der Waals surface area contributed by atoms with Crippen LogP contribution in [-0.4, -0.2) is 34.1 Å². The minimum Gasteiger partial charge on any atom is -0.337 e. The van der Waals surface area contributed by atoms with Crippen molar-refractivity contribution < 1.29 is 9.18 Å². The highest BCUT2D eigenvalue weighted by atomic mass is 35.5. The van der Waals surface area contributed by atoms with Crippen LogP contribution in [0.1, 0.15) is 34.8 Å². The number of likely N-dealkylation sites (tertiary alicyclic amines) is 1. The molecule has 0 saturated carbocycles. The smallest absolute Gasteiger partial charge is 0.271 e. The van der Waals surface area contributed by atoms with Crippen LogP contribution in [0, 0.1) is 5.82 Å². The number of aromatic amines is 1. The second-order valence-electron chi connectivity index (χ2n) is 6.76. The largest absolute Gasteiger partial charge is 0.337 e. The van der Waals surface area contributed by atoms with Gasteiger partial charge < -0.3 is 4.90 Å². The van der Waals surface area contributed by atoms with Gasteiger partial charge in [-0.05, 0) is 48.6 Å². The molecule has 138 valence electrons. The SMILES string of the molecule is O=C(c1cc(-c2ccc(Cl)cc2)n[nH]1)N1CCC(c2ccccc2F)CC1. The van der Waals surface area contributed by atoms with Gasteiger partial charge in [0.25, 0.3) is 5.91 Å². The molecule has 1 amide bonds. The van der Waals surface area contributed by atoms with E-state index >= 15 is 0 Å². The van der Waals surface area contributed by atoms with Crippen LogP contribution < -0.4 is 0 Å². The molecule has 1 aliphatic rings. The minimum atomic E-state index is -0.163. The van der Waals surface area contributed by atoms with Crippen molar-refractivity contribution in [3.05, 3.63) is 76.7 Å². The second-order valence-corrected chi connectivity index (χ2v) is 7.20. The first-order valence-corrected chi connectivity index (χ1v) is 9.34. The van der Waals surface area contributed by atoms with Gasteiger partial charge in [0.05, 0.1) is 5.69 Å². The van der Waals surface area contributed by atoms with Crippen LogP contribution in [0.25, 0.3) is 11.3 Å². The lowest BCUT2D eigenvalue weighted by atomic mass is 9.89. The minimum absolute atomic E-state index is 0.0744. The molecule has 1 saturated heterocycles. The van der Waals surface area contributed by atoms with Gasteiger partial charge in [0.15, 0.2) is 0 Å². The summed E-state index contributed by atoms with van der Waals surface area (Å²) in [7, 11) is 0. The van der Waals surface area contributed by atoms with E-state index in [1.807, 2.05) is 24.3 Å². The van der Waals surface area contributed by atoms with E-state index in [1.54, 1.807) is 29.2 Å². The molecule has 0 spiro atoms. The quantitative estimate of drug-likeness (QED) is 0.700. The predicted molar refractivity (Wildman–Crippen MR) is 103 cm³/mol. The average Bonchev–Trinajstić information content (AvgIpc) is 3.19. The molecule has 4 nitrogen and oxygen atoms in total. The Labute approximate surface area is 162 Å². The fourth-order valence-electron chi connectivity index (χ4n) is 3.57. The third-order valence-corrected chi connectivity index (χ3v) is 5.33. The van der Waals surface area contributed by atoms with E-state index < -0.39 is 0 Å². The van der Waals surface area contributed by atoms with E-state index in [1.165, 1.54) is 6.07 Å². The topological polar surface area (TPSA) is 49.0 Å². The number of hydrogen-bond acceptors (Lipinski definition) is 2. The normalized spacial score (nSPS) is 15.1. The molecular weight excluding hydrogens is 365 g/mol. The number of nitrogens with one attached hydrogen (secondary N) is 1. The van der Waals surface area contributed by atoms with Crippen molar-refractivity contribution >= 4 is 17.5 Å². The monoisotopic (exact) mass is 383 g/mol. The Kier molecular flexibility index (Phi) is 4.94. The maximum absolute atomic E-state index is 14.0. The lowest BCUT2D eigenvalue weighted by Crippen LogP contribution is -2.38. The molecule has 2 heterocycles. The zero-order valence-corrected chi connectivity index (χ0v) is 15.4. The van der Waals surface area contributed by atoms with Crippen molar-refractivity contribution in [1.29, 1.82) is 0 Å². The highest BCUT2D eigenvalue weighted by molar-refractivity contribution is 6.30. The van der Waals surface area contributed by atoms with Gasteiger partial charge in [-0.2, -0.15) is 5.10 Å². The predicted octanol–water partition coefficient (Wildman–Crippen LogP) is 4.89. The Morgan fingerprint density at radius 1 is 1.11 bits per heavy atom. The van der Waals surface area contributed by atoms with Gasteiger partial charge in [0.2, 0.25) is 0 Å². The van der Waals surface area contributed by atoms with Crippen LogP contribution in [0.5, 0.6) is 0 Å². The Morgan fingerprint density at radius 3 is 2.52 bits per heavy atom. The molecule has 1 aromatic heterocycles. The van der Waals surface area contributed by atoms with Crippen LogP contribution in [-0.2, 0) is 0 Å². The van der Waals surface area contributed by atoms with Gasteiger partial charge in [0, 0.05) is 23.7 Å². The van der Waals surface area contributed by atoms with Gasteiger partial charge in [-0.1, -0.05) is 41.9 Å². The zero-order valence-electron chi connectivity index (χ0n) is 14.7. The van der Waals surface area contributed by atoms with E-state index in [4.69, 9.17) is 11.6 Å². The van der Waals surface area contributed by atoms with Crippen molar-refractivity contribution in [3.8, 4) is 11.3 Å². The summed E-state index contributed by atoms with van der Waals surface area (Å²) < 4.78 is 14.0. The number of H-pyrrole nitrogens is 1. The van der Waals surface area contributed by atoms with Crippen molar-refractivity contribution in [2.45, 2.75) is 18.8 Å². The molecule has 1 aliphatic heterocycles. The molecule has 3 aromatic rings. The summed E-state index contributed by atoms with van der Waals surface area (Å²) in [5.74, 6) is -0.0835. The summed E-state index contributed by atoms with van der Waals surface area (Å²) >= 11 is 5.91. The summed E-state index contributed by atoms with van der Waals surface area (Å²) in [6.07, 6.45) is 1.51. The van der Waals surface area contributed by atoms with Crippen LogP contribution >= 0.6 is 11.6 Å². The molecular formula is C21H19ClFN3O. The molecule has 0 unspecified atom stereocenters. The first-order chi connectivity index (χ1) is 13.1. The number of piperidine rings is 1. The van der Waals surface area contributed by atoms with Gasteiger partial charge in [-0.3, -0.25) is 9.89 Å². The first-order valence-electron chi connectivity index (χ1n) is 8.97. The average molecular weight is 384 g/mol. The lowest BCUT2D eigenvalue weighted by Gasteiger charge is -2.32. The molecule has 0 atom stereocenters. The van der Waals surface area contributed by atoms with Crippen LogP contribution in [0.3, 0.4) is 0 Å². The maximum atomic E-state index is 14.0. The lowest BCUT2D eigenvalue weighted by molar-refractivity contribution is 0.0706. The summed E-state index contributed by atoms with van der Waals surface area (Å²) in [5, 5.41) is 7.73. The fraction of sp³-hybridized carbons (Fsp3) is 0.238. The number of halogens is 2. The van der Waals surface area contributed by atoms with Crippen molar-refractivity contribution in [1.82, 2.24) is 15.1 Å². The molecule has 4 rings (SSSR count). The molecule has 27 heavy (non-hydrogen) atoms. The third-order valence-electron chi connectivity index (χ3n) is 5.08. The molecule has 0 aliphatic carbocycles. The van der Waals surface area contributed by atoms with E-state index in [9.17, 15) is 9.18 Å². The number of hydrogen-bond donors (Lipinski definition) is 1. The summed E-state index contributed by atoms with van der Waals surface area (Å²) in [6, 6.07) is 16.0. The summed E-state index contributed by atoms with van der Waals surface area (Å²) in [5.41, 5.74) is 2.81. The van der Waals surface area contributed by atoms with Crippen LogP contribution in [0.2, 0.25) is 5.02 Å². The van der Waals surface area contributed by atoms with Crippen LogP contribution in [0.4, 0.5) is 4.39 Å². The Hall–Kier alpha value is -2.66. The highest BCUT2D eigenvalue weighted by Gasteiger charge is 2.26. The molecule has 0 bridgehead atoms. The van der Waals surface area contributed by atoms with E-state index in [2.05, 4.69) is 10.2 Å². The third kappa shape index (κ3) is 3.74. The zero-order chi connectivity index (χ0) is 18.8. The standard InChI is InChI=1S/C21H19ClFN3O/c22-16-7-5-15(6-8-16)19-13-20(25-24-19)21(27)26-11-9-14(10-12-26)17-3-1-2-4-18(17)23/h1-8,13-14H,9-12H2,(H,24,25). The Bertz CT molecular complexity index is 946. The van der Waals surface area contributed by atoms with E-state index in [0.717, 1.165) is 24.0 Å². The fourth-order valence-corrected chi connectivity index (χ4v) is 3.70. The molecule has 1 N–H and O–H groups in total. The Morgan fingerprint density at radius 2 is 1.81 bits per heavy atom. The number of amides is 1. The molecule has 6 heteroatoms. The number of carbonyl (C=O) groups is 1. The number of benzene rings is 2. The van der Waals surface area contributed by atoms with Crippen molar-refractivity contribution in [3.63, 3.8) is 0 Å².